The van der Waals surface area contributed by atoms with E-state index in [1.807, 2.05) is 36.1 Å². The van der Waals surface area contributed by atoms with Crippen LogP contribution >= 0.6 is 0 Å². The maximum atomic E-state index is 13.8. The van der Waals surface area contributed by atoms with Crippen molar-refractivity contribution < 1.29 is 19.1 Å². The maximum Gasteiger partial charge on any atom is 0.407 e. The molecule has 0 spiro atoms. The number of fused-ring (bicyclic) bond motifs is 2. The Balaban J connectivity index is 1.11. The Morgan fingerprint density at radius 2 is 1.90 bits per heavy atom. The zero-order valence-electron chi connectivity index (χ0n) is 23.8. The van der Waals surface area contributed by atoms with Crippen LogP contribution in [0.3, 0.4) is 0 Å². The number of H-pyrrole nitrogens is 2. The van der Waals surface area contributed by atoms with Crippen LogP contribution in [0.1, 0.15) is 54.6 Å². The van der Waals surface area contributed by atoms with Gasteiger partial charge in [-0.3, -0.25) is 4.79 Å². The number of hydrogen-bond acceptors (Lipinski definition) is 5. The number of ether oxygens (including phenoxy) is 2. The molecule has 9 nitrogen and oxygen atoms in total. The van der Waals surface area contributed by atoms with Crippen molar-refractivity contribution in [2.45, 2.75) is 50.7 Å². The summed E-state index contributed by atoms with van der Waals surface area (Å²) in [7, 11) is 1.63. The zero-order valence-corrected chi connectivity index (χ0v) is 23.8. The number of nitrogens with one attached hydrogen (secondary N) is 3. The second-order valence-corrected chi connectivity index (χ2v) is 11.2. The number of rotatable bonds is 8. The lowest BCUT2D eigenvalue weighted by molar-refractivity contribution is 0.0674. The summed E-state index contributed by atoms with van der Waals surface area (Å²) in [5, 5.41) is 4.97. The molecule has 2 saturated heterocycles. The van der Waals surface area contributed by atoms with Gasteiger partial charge in [-0.2, -0.15) is 0 Å². The summed E-state index contributed by atoms with van der Waals surface area (Å²) in [4.78, 5) is 37.1. The Bertz CT molecular complexity index is 1520. The van der Waals surface area contributed by atoms with Crippen molar-refractivity contribution in [3.8, 4) is 5.75 Å². The standard InChI is InChI=1S/C32H39N5O4/c1-3-33-32(39)41-25-18-23(37(20-25)31(38)30-17-22-16-24(40-2)8-9-28(22)35-30)12-15-36-13-10-21(11-14-36)27-19-34-29-7-5-4-6-26(27)29/h4-9,16-17,19,21,23,25,34-35H,3,10-15,18,20H2,1-2H3,(H,33,39)/t23-,25-/m1/s1. The van der Waals surface area contributed by atoms with Gasteiger partial charge in [-0.05, 0) is 81.1 Å². The Morgan fingerprint density at radius 1 is 1.07 bits per heavy atom. The van der Waals surface area contributed by atoms with Gasteiger partial charge in [0.2, 0.25) is 0 Å². The average molecular weight is 558 g/mol. The van der Waals surface area contributed by atoms with E-state index in [9.17, 15) is 9.59 Å². The molecule has 2 aliphatic heterocycles. The number of alkyl carbamates (subject to hydrolysis) is 1. The molecule has 41 heavy (non-hydrogen) atoms. The third-order valence-corrected chi connectivity index (χ3v) is 8.72. The smallest absolute Gasteiger partial charge is 0.407 e. The number of carbonyl (C=O) groups excluding carboxylic acids is 2. The van der Waals surface area contributed by atoms with E-state index in [1.165, 1.54) is 16.5 Å². The predicted octanol–water partition coefficient (Wildman–Crippen LogP) is 5.26. The number of aromatic nitrogens is 2. The Hall–Kier alpha value is -3.98. The van der Waals surface area contributed by atoms with Crippen molar-refractivity contribution in [3.05, 3.63) is 66.0 Å². The summed E-state index contributed by atoms with van der Waals surface area (Å²) < 4.78 is 11.0. The van der Waals surface area contributed by atoms with Crippen LogP contribution in [0.25, 0.3) is 21.8 Å². The normalized spacial score (nSPS) is 20.1. The van der Waals surface area contributed by atoms with Gasteiger partial charge >= 0.3 is 6.09 Å². The fourth-order valence-electron chi connectivity index (χ4n) is 6.56. The Labute approximate surface area is 240 Å². The summed E-state index contributed by atoms with van der Waals surface area (Å²) in [6, 6.07) is 16.1. The van der Waals surface area contributed by atoms with Gasteiger partial charge < -0.3 is 34.6 Å². The SMILES string of the molecule is CCNC(=O)O[C@@H]1C[C@@H](CCN2CCC(c3c[nH]c4ccccc34)CC2)N(C(=O)c2cc3cc(OC)ccc3[nH]2)C1. The summed E-state index contributed by atoms with van der Waals surface area (Å²) in [6.45, 7) is 5.74. The molecule has 2 aliphatic rings. The molecule has 2 atom stereocenters. The third-order valence-electron chi connectivity index (χ3n) is 8.72. The van der Waals surface area contributed by atoms with Crippen LogP contribution in [0, 0.1) is 0 Å². The quantitative estimate of drug-likeness (QED) is 0.274. The summed E-state index contributed by atoms with van der Waals surface area (Å²) >= 11 is 0. The number of para-hydroxylation sites is 1. The number of hydrogen-bond donors (Lipinski definition) is 3. The highest BCUT2D eigenvalue weighted by Gasteiger charge is 2.38. The van der Waals surface area contributed by atoms with E-state index in [0.29, 0.717) is 31.1 Å². The van der Waals surface area contributed by atoms with Gasteiger partial charge in [-0.15, -0.1) is 0 Å². The molecule has 4 aromatic rings. The lowest BCUT2D eigenvalue weighted by atomic mass is 9.89. The second-order valence-electron chi connectivity index (χ2n) is 11.2. The Morgan fingerprint density at radius 3 is 2.71 bits per heavy atom. The molecule has 4 heterocycles. The number of amides is 2. The third kappa shape index (κ3) is 5.77. The van der Waals surface area contributed by atoms with Gasteiger partial charge in [-0.25, -0.2) is 4.79 Å². The minimum Gasteiger partial charge on any atom is -0.497 e. The van der Waals surface area contributed by atoms with Gasteiger partial charge in [0.25, 0.3) is 5.91 Å². The van der Waals surface area contributed by atoms with Gasteiger partial charge in [0.1, 0.15) is 17.5 Å². The molecule has 2 aromatic heterocycles. The van der Waals surface area contributed by atoms with Gasteiger partial charge in [-0.1, -0.05) is 18.2 Å². The first-order chi connectivity index (χ1) is 20.0. The summed E-state index contributed by atoms with van der Waals surface area (Å²) in [6.07, 6.45) is 5.15. The van der Waals surface area contributed by atoms with Crippen LogP contribution in [-0.2, 0) is 4.74 Å². The van der Waals surface area contributed by atoms with Crippen LogP contribution < -0.4 is 10.1 Å². The number of nitrogens with zero attached hydrogens (tertiary/aromatic N) is 2. The average Bonchev–Trinajstić information content (AvgIpc) is 3.72. The number of carbonyl (C=O) groups is 2. The van der Waals surface area contributed by atoms with E-state index in [1.54, 1.807) is 7.11 Å². The first-order valence-electron chi connectivity index (χ1n) is 14.7. The molecule has 0 saturated carbocycles. The van der Waals surface area contributed by atoms with E-state index in [-0.39, 0.29) is 18.1 Å². The largest absolute Gasteiger partial charge is 0.497 e. The fraction of sp³-hybridized carbons (Fsp3) is 0.438. The lowest BCUT2D eigenvalue weighted by Crippen LogP contribution is -2.40. The van der Waals surface area contributed by atoms with E-state index in [2.05, 4.69) is 50.6 Å². The van der Waals surface area contributed by atoms with Gasteiger partial charge in [0.15, 0.2) is 0 Å². The van der Waals surface area contributed by atoms with Crippen LogP contribution in [-0.4, -0.2) is 83.7 Å². The first-order valence-corrected chi connectivity index (χ1v) is 14.7. The topological polar surface area (TPSA) is 103 Å². The fourth-order valence-corrected chi connectivity index (χ4v) is 6.56. The van der Waals surface area contributed by atoms with Crippen LogP contribution in [0.15, 0.2) is 54.7 Å². The van der Waals surface area contributed by atoms with E-state index >= 15 is 0 Å². The summed E-state index contributed by atoms with van der Waals surface area (Å²) in [5.74, 6) is 1.24. The minimum atomic E-state index is -0.428. The second kappa shape index (κ2) is 11.9. The molecule has 9 heteroatoms. The molecule has 0 unspecified atom stereocenters. The summed E-state index contributed by atoms with van der Waals surface area (Å²) in [5.41, 5.74) is 4.05. The monoisotopic (exact) mass is 557 g/mol. The highest BCUT2D eigenvalue weighted by Crippen LogP contribution is 2.34. The van der Waals surface area contributed by atoms with E-state index < -0.39 is 6.09 Å². The molecule has 0 bridgehead atoms. The van der Waals surface area contributed by atoms with Crippen molar-refractivity contribution in [1.29, 1.82) is 0 Å². The number of piperidine rings is 1. The molecular weight excluding hydrogens is 518 g/mol. The Kier molecular flexibility index (Phi) is 7.87. The number of likely N-dealkylation sites (tertiary alicyclic amines) is 2. The maximum absolute atomic E-state index is 13.8. The number of benzene rings is 2. The molecule has 0 radical (unpaired) electrons. The molecule has 2 amide bonds. The zero-order chi connectivity index (χ0) is 28.3. The highest BCUT2D eigenvalue weighted by atomic mass is 16.6. The van der Waals surface area contributed by atoms with Crippen molar-refractivity contribution >= 4 is 33.8 Å². The van der Waals surface area contributed by atoms with Crippen molar-refractivity contribution in [2.24, 2.45) is 0 Å². The van der Waals surface area contributed by atoms with Crippen LogP contribution in [0.5, 0.6) is 5.75 Å². The van der Waals surface area contributed by atoms with Crippen molar-refractivity contribution in [3.63, 3.8) is 0 Å². The van der Waals surface area contributed by atoms with E-state index in [4.69, 9.17) is 9.47 Å². The van der Waals surface area contributed by atoms with Crippen molar-refractivity contribution in [1.82, 2.24) is 25.1 Å². The molecule has 216 valence electrons. The first kappa shape index (κ1) is 27.2. The van der Waals surface area contributed by atoms with Crippen LogP contribution in [0.2, 0.25) is 0 Å². The molecule has 3 N–H and O–H groups in total. The van der Waals surface area contributed by atoms with E-state index in [0.717, 1.165) is 55.5 Å². The highest BCUT2D eigenvalue weighted by molar-refractivity contribution is 5.98. The lowest BCUT2D eigenvalue weighted by Gasteiger charge is -2.33. The van der Waals surface area contributed by atoms with Crippen molar-refractivity contribution in [2.75, 3.05) is 39.8 Å². The van der Waals surface area contributed by atoms with Gasteiger partial charge in [0, 0.05) is 53.6 Å². The minimum absolute atomic E-state index is 0.00536. The molecule has 2 fully saturated rings. The van der Waals surface area contributed by atoms with Gasteiger partial charge in [0.05, 0.1) is 13.7 Å². The molecule has 6 rings (SSSR count). The predicted molar refractivity (Wildman–Crippen MR) is 160 cm³/mol. The molecule has 2 aromatic carbocycles. The number of aromatic amines is 2. The molecular formula is C32H39N5O4. The van der Waals surface area contributed by atoms with Crippen LogP contribution in [0.4, 0.5) is 4.79 Å². The number of methoxy groups -OCH3 is 1. The molecule has 0 aliphatic carbocycles.